The monoisotopic (exact) mass is 381 g/mol. The minimum Gasteiger partial charge on any atom is -0.502 e. The van der Waals surface area contributed by atoms with E-state index in [9.17, 15) is 19.5 Å². The highest BCUT2D eigenvalue weighted by Crippen LogP contribution is 2.39. The number of hydrogen-bond acceptors (Lipinski definition) is 8. The lowest BCUT2D eigenvalue weighted by Gasteiger charge is -2.13. The van der Waals surface area contributed by atoms with Crippen LogP contribution in [0.2, 0.25) is 0 Å². The van der Waals surface area contributed by atoms with E-state index in [0.717, 1.165) is 4.90 Å². The second-order valence-electron chi connectivity index (χ2n) is 5.58. The van der Waals surface area contributed by atoms with Crippen LogP contribution < -0.4 is 9.47 Å². The summed E-state index contributed by atoms with van der Waals surface area (Å²) in [4.78, 5) is 37.1. The highest BCUT2D eigenvalue weighted by Gasteiger charge is 2.36. The second-order valence-corrected chi connectivity index (χ2v) is 6.57. The van der Waals surface area contributed by atoms with Crippen LogP contribution in [0.3, 0.4) is 0 Å². The number of thioether (sulfide) groups is 1. The molecule has 9 heteroatoms. The number of hydrogen-bond donors (Lipinski definition) is 1. The molecule has 1 fully saturated rings. The van der Waals surface area contributed by atoms with Crippen molar-refractivity contribution < 1.29 is 33.7 Å². The van der Waals surface area contributed by atoms with Crippen molar-refractivity contribution in [3.05, 3.63) is 22.6 Å². The van der Waals surface area contributed by atoms with Crippen LogP contribution in [0.1, 0.15) is 19.4 Å². The van der Waals surface area contributed by atoms with Crippen LogP contribution >= 0.6 is 11.8 Å². The largest absolute Gasteiger partial charge is 0.502 e. The maximum atomic E-state index is 12.4. The number of nitrogens with zero attached hydrogens (tertiary/aromatic N) is 1. The normalized spacial score (nSPS) is 15.7. The Morgan fingerprint density at radius 3 is 2.31 bits per heavy atom. The lowest BCUT2D eigenvalue weighted by Crippen LogP contribution is -2.35. The summed E-state index contributed by atoms with van der Waals surface area (Å²) < 4.78 is 15.1. The van der Waals surface area contributed by atoms with Gasteiger partial charge in [-0.25, -0.2) is 0 Å². The fourth-order valence-corrected chi connectivity index (χ4v) is 3.05. The van der Waals surface area contributed by atoms with E-state index in [1.54, 1.807) is 13.8 Å². The van der Waals surface area contributed by atoms with Gasteiger partial charge in [0.1, 0.15) is 6.54 Å². The first-order chi connectivity index (χ1) is 12.3. The number of ether oxygens (including phenoxy) is 3. The van der Waals surface area contributed by atoms with Crippen molar-refractivity contribution in [1.29, 1.82) is 0 Å². The van der Waals surface area contributed by atoms with Crippen LogP contribution in [0.4, 0.5) is 4.79 Å². The van der Waals surface area contributed by atoms with Gasteiger partial charge in [0.05, 0.1) is 25.2 Å². The number of amides is 2. The average molecular weight is 381 g/mol. The van der Waals surface area contributed by atoms with Crippen LogP contribution in [0.25, 0.3) is 6.08 Å². The Labute approximate surface area is 154 Å². The summed E-state index contributed by atoms with van der Waals surface area (Å²) in [7, 11) is 2.76. The molecule has 1 aliphatic heterocycles. The molecule has 1 heterocycles. The summed E-state index contributed by atoms with van der Waals surface area (Å²) in [6.45, 7) is 2.91. The Kier molecular flexibility index (Phi) is 6.14. The number of benzene rings is 1. The van der Waals surface area contributed by atoms with E-state index < -0.39 is 23.7 Å². The molecule has 0 atom stereocenters. The number of carbonyl (C=O) groups is 3. The Balaban J connectivity index is 2.26. The molecule has 2 amide bonds. The van der Waals surface area contributed by atoms with E-state index in [-0.39, 0.29) is 28.3 Å². The van der Waals surface area contributed by atoms with Crippen LogP contribution in [-0.4, -0.2) is 54.0 Å². The molecule has 8 nitrogen and oxygen atoms in total. The van der Waals surface area contributed by atoms with Crippen LogP contribution in [0.15, 0.2) is 17.0 Å². The van der Waals surface area contributed by atoms with Gasteiger partial charge >= 0.3 is 5.97 Å². The molecule has 0 spiro atoms. The molecule has 0 aliphatic carbocycles. The quantitative estimate of drug-likeness (QED) is 0.592. The zero-order chi connectivity index (χ0) is 19.4. The predicted molar refractivity (Wildman–Crippen MR) is 95.1 cm³/mol. The first kappa shape index (κ1) is 19.6. The third kappa shape index (κ3) is 4.29. The highest BCUT2D eigenvalue weighted by molar-refractivity contribution is 8.18. The lowest BCUT2D eigenvalue weighted by molar-refractivity contribution is -0.149. The molecule has 1 aromatic carbocycles. The molecule has 140 valence electrons. The zero-order valence-electron chi connectivity index (χ0n) is 14.8. The fourth-order valence-electron chi connectivity index (χ4n) is 2.21. The smallest absolute Gasteiger partial charge is 0.326 e. The summed E-state index contributed by atoms with van der Waals surface area (Å²) in [6, 6.07) is 3.00. The summed E-state index contributed by atoms with van der Waals surface area (Å²) in [6.07, 6.45) is 1.12. The molecule has 26 heavy (non-hydrogen) atoms. The number of imide groups is 1. The van der Waals surface area contributed by atoms with Crippen molar-refractivity contribution in [2.45, 2.75) is 20.0 Å². The van der Waals surface area contributed by atoms with Crippen molar-refractivity contribution in [3.8, 4) is 17.2 Å². The molecule has 0 bridgehead atoms. The van der Waals surface area contributed by atoms with Crippen LogP contribution in [-0.2, 0) is 14.3 Å². The summed E-state index contributed by atoms with van der Waals surface area (Å²) in [5, 5.41) is 9.37. The van der Waals surface area contributed by atoms with E-state index in [4.69, 9.17) is 14.2 Å². The number of methoxy groups -OCH3 is 2. The molecule has 0 radical (unpaired) electrons. The Bertz CT molecular complexity index is 747. The average Bonchev–Trinajstić information content (AvgIpc) is 2.83. The molecule has 2 rings (SSSR count). The first-order valence-corrected chi connectivity index (χ1v) is 8.48. The Hall–Kier alpha value is -2.68. The minimum absolute atomic E-state index is 0.141. The SMILES string of the molecule is COc1cc(/C=C2\SC(=O)N(CC(=O)OC(C)C)C2=O)cc(OC)c1O. The van der Waals surface area contributed by atoms with Crippen LogP contribution in [0.5, 0.6) is 17.2 Å². The first-order valence-electron chi connectivity index (χ1n) is 7.66. The number of rotatable bonds is 6. The lowest BCUT2D eigenvalue weighted by atomic mass is 10.1. The standard InChI is InChI=1S/C17H19NO7S/c1-9(2)25-14(19)8-18-16(21)13(26-17(18)22)7-10-5-11(23-3)15(20)12(6-10)24-4/h5-7,9,20H,8H2,1-4H3/b13-7-. The fraction of sp³-hybridized carbons (Fsp3) is 0.353. The highest BCUT2D eigenvalue weighted by atomic mass is 32.2. The second kappa shape index (κ2) is 8.13. The summed E-state index contributed by atoms with van der Waals surface area (Å²) in [5.41, 5.74) is 0.492. The Morgan fingerprint density at radius 1 is 1.23 bits per heavy atom. The molecule has 1 saturated heterocycles. The molecular weight excluding hydrogens is 362 g/mol. The molecule has 1 N–H and O–H groups in total. The van der Waals surface area contributed by atoms with Gasteiger partial charge in [0, 0.05) is 0 Å². The van der Waals surface area contributed by atoms with Gasteiger partial charge in [-0.3, -0.25) is 19.3 Å². The molecule has 0 saturated carbocycles. The molecule has 0 aromatic heterocycles. The van der Waals surface area contributed by atoms with E-state index in [2.05, 4.69) is 0 Å². The molecule has 1 aromatic rings. The molecule has 0 unspecified atom stereocenters. The van der Waals surface area contributed by atoms with Gasteiger partial charge < -0.3 is 19.3 Å². The number of carbonyl (C=O) groups excluding carboxylic acids is 3. The predicted octanol–water partition coefficient (Wildman–Crippen LogP) is 2.40. The van der Waals surface area contributed by atoms with Gasteiger partial charge in [-0.05, 0) is 49.4 Å². The van der Waals surface area contributed by atoms with E-state index in [1.165, 1.54) is 32.4 Å². The number of aromatic hydroxyl groups is 1. The van der Waals surface area contributed by atoms with Gasteiger partial charge in [-0.2, -0.15) is 0 Å². The number of esters is 1. The minimum atomic E-state index is -0.656. The van der Waals surface area contributed by atoms with Gasteiger partial charge in [-0.15, -0.1) is 0 Å². The topological polar surface area (TPSA) is 102 Å². The van der Waals surface area contributed by atoms with Crippen molar-refractivity contribution in [2.24, 2.45) is 0 Å². The maximum absolute atomic E-state index is 12.4. The van der Waals surface area contributed by atoms with Gasteiger partial charge in [0.15, 0.2) is 11.5 Å². The Morgan fingerprint density at radius 2 is 1.81 bits per heavy atom. The van der Waals surface area contributed by atoms with Crippen molar-refractivity contribution in [3.63, 3.8) is 0 Å². The summed E-state index contributed by atoms with van der Waals surface area (Å²) in [5.74, 6) is -1.09. The zero-order valence-corrected chi connectivity index (χ0v) is 15.6. The number of phenols is 1. The third-order valence-corrected chi connectivity index (χ3v) is 4.24. The van der Waals surface area contributed by atoms with Gasteiger partial charge in [-0.1, -0.05) is 0 Å². The maximum Gasteiger partial charge on any atom is 0.326 e. The molecular formula is C17H19NO7S. The van der Waals surface area contributed by atoms with Crippen molar-refractivity contribution in [2.75, 3.05) is 20.8 Å². The summed E-state index contributed by atoms with van der Waals surface area (Å²) >= 11 is 0.715. The van der Waals surface area contributed by atoms with E-state index >= 15 is 0 Å². The van der Waals surface area contributed by atoms with E-state index in [0.29, 0.717) is 17.3 Å². The van der Waals surface area contributed by atoms with Crippen LogP contribution in [0, 0.1) is 0 Å². The van der Waals surface area contributed by atoms with Gasteiger partial charge in [0.2, 0.25) is 5.75 Å². The van der Waals surface area contributed by atoms with E-state index in [1.807, 2.05) is 0 Å². The van der Waals surface area contributed by atoms with Crippen molar-refractivity contribution in [1.82, 2.24) is 4.90 Å². The molecule has 1 aliphatic rings. The third-order valence-electron chi connectivity index (χ3n) is 3.33. The van der Waals surface area contributed by atoms with Gasteiger partial charge in [0.25, 0.3) is 11.1 Å². The number of phenolic OH excluding ortho intramolecular Hbond substituents is 1. The van der Waals surface area contributed by atoms with Crippen molar-refractivity contribution >= 4 is 35.0 Å².